The summed E-state index contributed by atoms with van der Waals surface area (Å²) in [4.78, 5) is 6.71. The fourth-order valence-corrected chi connectivity index (χ4v) is 6.76. The third-order valence-electron chi connectivity index (χ3n) is 8.90. The van der Waals surface area contributed by atoms with E-state index in [1.54, 1.807) is 0 Å². The van der Waals surface area contributed by atoms with Gasteiger partial charge in [0.15, 0.2) is 0 Å². The van der Waals surface area contributed by atoms with Crippen LogP contribution in [-0.4, -0.2) is 6.21 Å². The lowest BCUT2D eigenvalue weighted by Gasteiger charge is -2.25. The molecule has 0 spiro atoms. The molecular weight excluding hydrogens is 556 g/mol. The van der Waals surface area contributed by atoms with Crippen molar-refractivity contribution in [2.45, 2.75) is 6.92 Å². The summed E-state index contributed by atoms with van der Waals surface area (Å²) < 4.78 is 0. The molecule has 1 aliphatic heterocycles. The maximum absolute atomic E-state index is 4.52. The second kappa shape index (κ2) is 11.5. The molecule has 0 aromatic heterocycles. The van der Waals surface area contributed by atoms with E-state index in [9.17, 15) is 0 Å². The largest absolute Gasteiger partial charge is 0.315 e. The first kappa shape index (κ1) is 27.6. The third-order valence-corrected chi connectivity index (χ3v) is 8.90. The molecule has 1 aliphatic rings. The molecule has 8 rings (SSSR count). The van der Waals surface area contributed by atoms with Crippen LogP contribution in [0.4, 0.5) is 11.4 Å². The van der Waals surface area contributed by atoms with Gasteiger partial charge in [0.2, 0.25) is 0 Å². The van der Waals surface area contributed by atoms with E-state index in [2.05, 4.69) is 169 Å². The lowest BCUT2D eigenvalue weighted by Crippen LogP contribution is -2.12. The second-order valence-corrected chi connectivity index (χ2v) is 11.8. The molecular formula is C44H32N2. The average molecular weight is 589 g/mol. The lowest BCUT2D eigenvalue weighted by molar-refractivity contribution is 1.25. The van der Waals surface area contributed by atoms with Crippen molar-refractivity contribution >= 4 is 44.7 Å². The molecule has 2 heteroatoms. The SMILES string of the molecule is C=C1C=N/C=C\N(c2cccc(C)c2)c2ccc(-c3ccc4c(-c5ccccc5)c5ccccc5c(-c5ccccc5)c4c3)cc21. The first-order valence-corrected chi connectivity index (χ1v) is 15.6. The van der Waals surface area contributed by atoms with Crippen LogP contribution in [-0.2, 0) is 0 Å². The standard InChI is InChI=1S/C44H32N2/c1-30-12-11-17-36(26-30)46-25-24-45-29-31(2)40-27-35(21-23-42(40)46)34-20-22-39-41(28-34)44(33-15-7-4-8-16-33)38-19-10-9-18-37(38)43(39)32-13-5-3-6-14-32/h3-29H,2H2,1H3/b25-24-,45-29?. The molecule has 2 nitrogen and oxygen atoms in total. The molecule has 0 bridgehead atoms. The fourth-order valence-electron chi connectivity index (χ4n) is 6.76. The van der Waals surface area contributed by atoms with Gasteiger partial charge in [-0.3, -0.25) is 4.99 Å². The first-order chi connectivity index (χ1) is 22.7. The van der Waals surface area contributed by atoms with Gasteiger partial charge in [-0.15, -0.1) is 0 Å². The number of rotatable bonds is 4. The molecule has 0 atom stereocenters. The van der Waals surface area contributed by atoms with Crippen LogP contribution in [0.1, 0.15) is 11.1 Å². The number of hydrogen-bond acceptors (Lipinski definition) is 2. The van der Waals surface area contributed by atoms with Crippen LogP contribution >= 0.6 is 0 Å². The van der Waals surface area contributed by atoms with Gasteiger partial charge in [-0.2, -0.15) is 0 Å². The van der Waals surface area contributed by atoms with E-state index in [1.807, 2.05) is 18.6 Å². The van der Waals surface area contributed by atoms with Gasteiger partial charge in [0.05, 0.1) is 5.69 Å². The normalized spacial score (nSPS) is 13.4. The van der Waals surface area contributed by atoms with E-state index in [0.29, 0.717) is 0 Å². The van der Waals surface area contributed by atoms with Crippen LogP contribution in [0.15, 0.2) is 170 Å². The van der Waals surface area contributed by atoms with Gasteiger partial charge in [0, 0.05) is 29.9 Å². The Balaban J connectivity index is 1.37. The van der Waals surface area contributed by atoms with Crippen LogP contribution in [0.2, 0.25) is 0 Å². The monoisotopic (exact) mass is 588 g/mol. The van der Waals surface area contributed by atoms with Crippen molar-refractivity contribution in [2.24, 2.45) is 4.99 Å². The van der Waals surface area contributed by atoms with E-state index in [1.165, 1.54) is 49.4 Å². The van der Waals surface area contributed by atoms with Crippen LogP contribution in [0.3, 0.4) is 0 Å². The van der Waals surface area contributed by atoms with Crippen LogP contribution < -0.4 is 4.90 Å². The van der Waals surface area contributed by atoms with Crippen LogP contribution in [0.5, 0.6) is 0 Å². The number of anilines is 2. The van der Waals surface area contributed by atoms with Gasteiger partial charge in [-0.25, -0.2) is 0 Å². The van der Waals surface area contributed by atoms with Crippen molar-refractivity contribution in [1.82, 2.24) is 0 Å². The van der Waals surface area contributed by atoms with Crippen molar-refractivity contribution in [3.8, 4) is 33.4 Å². The van der Waals surface area contributed by atoms with Gasteiger partial charge in [0.1, 0.15) is 0 Å². The zero-order valence-electron chi connectivity index (χ0n) is 25.7. The van der Waals surface area contributed by atoms with Crippen molar-refractivity contribution in [3.63, 3.8) is 0 Å². The van der Waals surface area contributed by atoms with Crippen molar-refractivity contribution in [2.75, 3.05) is 4.90 Å². The number of aryl methyl sites for hydroxylation is 1. The summed E-state index contributed by atoms with van der Waals surface area (Å²) >= 11 is 0. The minimum Gasteiger partial charge on any atom is -0.315 e. The Morgan fingerprint density at radius 1 is 0.522 bits per heavy atom. The minimum atomic E-state index is 0.877. The lowest BCUT2D eigenvalue weighted by atomic mass is 9.84. The Kier molecular flexibility index (Phi) is 6.89. The Morgan fingerprint density at radius 3 is 1.83 bits per heavy atom. The average Bonchev–Trinajstić information content (AvgIpc) is 3.10. The molecule has 0 amide bonds. The molecule has 0 aliphatic carbocycles. The summed E-state index contributed by atoms with van der Waals surface area (Å²) in [7, 11) is 0. The molecule has 0 N–H and O–H groups in total. The molecule has 0 unspecified atom stereocenters. The van der Waals surface area contributed by atoms with E-state index >= 15 is 0 Å². The molecule has 7 aromatic carbocycles. The maximum Gasteiger partial charge on any atom is 0.0535 e. The summed E-state index contributed by atoms with van der Waals surface area (Å²) in [5.41, 5.74) is 12.6. The number of fused-ring (bicyclic) bond motifs is 3. The summed E-state index contributed by atoms with van der Waals surface area (Å²) in [6, 6.07) is 52.5. The molecule has 0 radical (unpaired) electrons. The quantitative estimate of drug-likeness (QED) is 0.187. The van der Waals surface area contributed by atoms with E-state index < -0.39 is 0 Å². The number of nitrogens with zero attached hydrogens (tertiary/aromatic N) is 2. The Labute approximate surface area is 269 Å². The zero-order chi connectivity index (χ0) is 31.0. The van der Waals surface area contributed by atoms with Crippen LogP contribution in [0, 0.1) is 6.92 Å². The highest BCUT2D eigenvalue weighted by Crippen LogP contribution is 2.45. The topological polar surface area (TPSA) is 15.6 Å². The van der Waals surface area contributed by atoms with Gasteiger partial charge in [-0.05, 0) is 103 Å². The van der Waals surface area contributed by atoms with Crippen molar-refractivity contribution < 1.29 is 0 Å². The predicted octanol–water partition coefficient (Wildman–Crippen LogP) is 12.0. The van der Waals surface area contributed by atoms with Gasteiger partial charge in [-0.1, -0.05) is 122 Å². The van der Waals surface area contributed by atoms with Crippen molar-refractivity contribution in [3.05, 3.63) is 176 Å². The summed E-state index contributed by atoms with van der Waals surface area (Å²) in [5.74, 6) is 0. The van der Waals surface area contributed by atoms with E-state index in [-0.39, 0.29) is 0 Å². The zero-order valence-corrected chi connectivity index (χ0v) is 25.7. The summed E-state index contributed by atoms with van der Waals surface area (Å²) in [6.45, 7) is 6.53. The van der Waals surface area contributed by atoms with E-state index in [4.69, 9.17) is 0 Å². The summed E-state index contributed by atoms with van der Waals surface area (Å²) in [6.07, 6.45) is 5.70. The number of benzene rings is 7. The Hall–Kier alpha value is -5.99. The molecule has 0 saturated heterocycles. The first-order valence-electron chi connectivity index (χ1n) is 15.6. The molecule has 7 aromatic rings. The van der Waals surface area contributed by atoms with Gasteiger partial charge >= 0.3 is 0 Å². The van der Waals surface area contributed by atoms with Crippen LogP contribution in [0.25, 0.3) is 60.5 Å². The van der Waals surface area contributed by atoms with E-state index in [0.717, 1.165) is 33.6 Å². The van der Waals surface area contributed by atoms with Gasteiger partial charge < -0.3 is 4.90 Å². The highest BCUT2D eigenvalue weighted by atomic mass is 15.1. The highest BCUT2D eigenvalue weighted by Gasteiger charge is 2.19. The Morgan fingerprint density at radius 2 is 1.13 bits per heavy atom. The molecule has 1 heterocycles. The molecule has 218 valence electrons. The molecule has 46 heavy (non-hydrogen) atoms. The number of hydrogen-bond donors (Lipinski definition) is 0. The number of allylic oxidation sites excluding steroid dienone is 1. The molecule has 0 fully saturated rings. The molecule has 0 saturated carbocycles. The van der Waals surface area contributed by atoms with Crippen molar-refractivity contribution in [1.29, 1.82) is 0 Å². The van der Waals surface area contributed by atoms with Gasteiger partial charge in [0.25, 0.3) is 0 Å². The third kappa shape index (κ3) is 4.81. The predicted molar refractivity (Wildman–Crippen MR) is 198 cm³/mol. The fraction of sp³-hybridized carbons (Fsp3) is 0.0227. The highest BCUT2D eigenvalue weighted by molar-refractivity contribution is 6.22. The number of aliphatic imine (C=N–C) groups is 1. The smallest absolute Gasteiger partial charge is 0.0535 e. The Bertz CT molecular complexity index is 2330. The second-order valence-electron chi connectivity index (χ2n) is 11.8. The summed E-state index contributed by atoms with van der Waals surface area (Å²) in [5, 5.41) is 4.98. The maximum atomic E-state index is 4.52. The minimum absolute atomic E-state index is 0.877.